The molecule has 1 amide bonds. The zero-order valence-corrected chi connectivity index (χ0v) is 7.56. The molecule has 0 unspecified atom stereocenters. The SMILES string of the molecule is Cc1ccn(-c2cc(C(N)=O)[nH]n2)n1. The van der Waals surface area contributed by atoms with Crippen molar-refractivity contribution in [2.45, 2.75) is 6.92 Å². The van der Waals surface area contributed by atoms with Crippen molar-refractivity contribution < 1.29 is 4.79 Å². The number of H-pyrrole nitrogens is 1. The zero-order valence-electron chi connectivity index (χ0n) is 7.56. The van der Waals surface area contributed by atoms with Gasteiger partial charge in [0.05, 0.1) is 5.69 Å². The molecule has 6 heteroatoms. The molecule has 0 fully saturated rings. The predicted octanol–water partition coefficient (Wildman–Crippen LogP) is 0.00272. The van der Waals surface area contributed by atoms with Gasteiger partial charge in [-0.05, 0) is 13.0 Å². The van der Waals surface area contributed by atoms with E-state index in [4.69, 9.17) is 5.73 Å². The molecule has 2 aromatic rings. The van der Waals surface area contributed by atoms with Gasteiger partial charge >= 0.3 is 0 Å². The van der Waals surface area contributed by atoms with Crippen LogP contribution in [0.15, 0.2) is 18.3 Å². The predicted molar refractivity (Wildman–Crippen MR) is 49.0 cm³/mol. The first-order chi connectivity index (χ1) is 6.66. The highest BCUT2D eigenvalue weighted by atomic mass is 16.1. The smallest absolute Gasteiger partial charge is 0.266 e. The van der Waals surface area contributed by atoms with Gasteiger partial charge in [0.25, 0.3) is 5.91 Å². The van der Waals surface area contributed by atoms with E-state index >= 15 is 0 Å². The Labute approximate surface area is 79.7 Å². The highest BCUT2D eigenvalue weighted by Crippen LogP contribution is 2.05. The Morgan fingerprint density at radius 3 is 2.93 bits per heavy atom. The number of carbonyl (C=O) groups excluding carboxylic acids is 1. The number of aromatic nitrogens is 4. The van der Waals surface area contributed by atoms with E-state index in [1.54, 1.807) is 16.9 Å². The van der Waals surface area contributed by atoms with Crippen LogP contribution in [0.5, 0.6) is 0 Å². The molecular formula is C8H9N5O. The van der Waals surface area contributed by atoms with Crippen LogP contribution in [0.1, 0.15) is 16.2 Å². The number of primary amides is 1. The maximum Gasteiger partial charge on any atom is 0.266 e. The lowest BCUT2D eigenvalue weighted by Gasteiger charge is -1.91. The third kappa shape index (κ3) is 1.37. The van der Waals surface area contributed by atoms with Gasteiger partial charge in [0.15, 0.2) is 5.82 Å². The maximum absolute atomic E-state index is 10.8. The van der Waals surface area contributed by atoms with Gasteiger partial charge in [-0.1, -0.05) is 0 Å². The van der Waals surface area contributed by atoms with Crippen molar-refractivity contribution in [2.24, 2.45) is 5.73 Å². The second-order valence-corrected chi connectivity index (χ2v) is 2.91. The van der Waals surface area contributed by atoms with E-state index in [1.165, 1.54) is 0 Å². The van der Waals surface area contributed by atoms with E-state index in [9.17, 15) is 4.79 Å². The summed E-state index contributed by atoms with van der Waals surface area (Å²) in [7, 11) is 0. The van der Waals surface area contributed by atoms with E-state index in [0.717, 1.165) is 5.69 Å². The van der Waals surface area contributed by atoms with Gasteiger partial charge in [0.2, 0.25) is 0 Å². The first kappa shape index (κ1) is 8.49. The summed E-state index contributed by atoms with van der Waals surface area (Å²) in [5, 5.41) is 10.6. The number of carbonyl (C=O) groups is 1. The Morgan fingerprint density at radius 1 is 1.64 bits per heavy atom. The Bertz CT molecular complexity index is 470. The van der Waals surface area contributed by atoms with Gasteiger partial charge in [0, 0.05) is 12.3 Å². The molecule has 0 aliphatic carbocycles. The summed E-state index contributed by atoms with van der Waals surface area (Å²) >= 11 is 0. The number of rotatable bonds is 2. The van der Waals surface area contributed by atoms with Crippen LogP contribution in [0.2, 0.25) is 0 Å². The van der Waals surface area contributed by atoms with E-state index in [2.05, 4.69) is 15.3 Å². The van der Waals surface area contributed by atoms with Crippen LogP contribution in [-0.2, 0) is 0 Å². The maximum atomic E-state index is 10.8. The van der Waals surface area contributed by atoms with Crippen molar-refractivity contribution in [3.63, 3.8) is 0 Å². The molecule has 0 saturated carbocycles. The Kier molecular flexibility index (Phi) is 1.81. The fourth-order valence-electron chi connectivity index (χ4n) is 1.10. The quantitative estimate of drug-likeness (QED) is 0.700. The minimum absolute atomic E-state index is 0.271. The highest BCUT2D eigenvalue weighted by Gasteiger charge is 2.07. The summed E-state index contributed by atoms with van der Waals surface area (Å²) < 4.78 is 1.57. The van der Waals surface area contributed by atoms with E-state index in [0.29, 0.717) is 5.82 Å². The third-order valence-electron chi connectivity index (χ3n) is 1.79. The number of nitrogens with two attached hydrogens (primary N) is 1. The summed E-state index contributed by atoms with van der Waals surface area (Å²) in [6, 6.07) is 3.40. The molecule has 0 aromatic carbocycles. The molecule has 0 bridgehead atoms. The lowest BCUT2D eigenvalue weighted by molar-refractivity contribution is 0.0995. The van der Waals surface area contributed by atoms with Gasteiger partial charge in [-0.15, -0.1) is 0 Å². The average Bonchev–Trinajstić information content (AvgIpc) is 2.70. The number of hydrogen-bond acceptors (Lipinski definition) is 3. The van der Waals surface area contributed by atoms with Crippen molar-refractivity contribution in [3.05, 3.63) is 29.7 Å². The molecule has 2 heterocycles. The molecule has 0 atom stereocenters. The Balaban J connectivity index is 2.38. The van der Waals surface area contributed by atoms with Crippen molar-refractivity contribution in [2.75, 3.05) is 0 Å². The van der Waals surface area contributed by atoms with E-state index in [-0.39, 0.29) is 5.69 Å². The number of hydrogen-bond donors (Lipinski definition) is 2. The van der Waals surface area contributed by atoms with Gasteiger partial charge in [-0.2, -0.15) is 10.2 Å². The minimum Gasteiger partial charge on any atom is -0.364 e. The first-order valence-corrected chi connectivity index (χ1v) is 4.04. The second kappa shape index (κ2) is 2.99. The number of amides is 1. The molecule has 0 saturated heterocycles. The summed E-state index contributed by atoms with van der Waals surface area (Å²) in [6.07, 6.45) is 1.76. The highest BCUT2D eigenvalue weighted by molar-refractivity contribution is 5.91. The molecule has 0 aliphatic rings. The molecular weight excluding hydrogens is 182 g/mol. The molecule has 6 nitrogen and oxygen atoms in total. The van der Waals surface area contributed by atoms with Crippen LogP contribution in [0.4, 0.5) is 0 Å². The molecule has 0 aliphatic heterocycles. The lowest BCUT2D eigenvalue weighted by Crippen LogP contribution is -2.11. The molecule has 0 radical (unpaired) electrons. The van der Waals surface area contributed by atoms with Crippen molar-refractivity contribution in [3.8, 4) is 5.82 Å². The standard InChI is InChI=1S/C8H9N5O/c1-5-2-3-13(12-5)7-4-6(8(9)14)10-11-7/h2-4H,1H3,(H2,9,14)(H,10,11). The van der Waals surface area contributed by atoms with Crippen LogP contribution in [0.25, 0.3) is 5.82 Å². The van der Waals surface area contributed by atoms with Crippen LogP contribution in [0.3, 0.4) is 0 Å². The van der Waals surface area contributed by atoms with Gasteiger partial charge in [-0.25, -0.2) is 4.68 Å². The van der Waals surface area contributed by atoms with Crippen molar-refractivity contribution in [1.82, 2.24) is 20.0 Å². The third-order valence-corrected chi connectivity index (χ3v) is 1.79. The number of aromatic amines is 1. The fraction of sp³-hybridized carbons (Fsp3) is 0.125. The van der Waals surface area contributed by atoms with Crippen LogP contribution in [-0.4, -0.2) is 25.9 Å². The lowest BCUT2D eigenvalue weighted by atomic mass is 10.4. The van der Waals surface area contributed by atoms with Crippen molar-refractivity contribution in [1.29, 1.82) is 0 Å². The number of nitrogens with zero attached hydrogens (tertiary/aromatic N) is 3. The van der Waals surface area contributed by atoms with Gasteiger partial charge < -0.3 is 5.73 Å². The van der Waals surface area contributed by atoms with E-state index < -0.39 is 5.91 Å². The zero-order chi connectivity index (χ0) is 10.1. The van der Waals surface area contributed by atoms with Crippen LogP contribution < -0.4 is 5.73 Å². The van der Waals surface area contributed by atoms with E-state index in [1.807, 2.05) is 13.0 Å². The summed E-state index contributed by atoms with van der Waals surface area (Å²) in [5.41, 5.74) is 6.22. The molecule has 0 spiro atoms. The normalized spacial score (nSPS) is 10.4. The molecule has 2 aromatic heterocycles. The monoisotopic (exact) mass is 191 g/mol. The van der Waals surface area contributed by atoms with Crippen LogP contribution >= 0.6 is 0 Å². The minimum atomic E-state index is -0.535. The molecule has 72 valence electrons. The van der Waals surface area contributed by atoms with Gasteiger partial charge in [-0.3, -0.25) is 9.89 Å². The molecule has 3 N–H and O–H groups in total. The van der Waals surface area contributed by atoms with Crippen LogP contribution in [0, 0.1) is 6.92 Å². The van der Waals surface area contributed by atoms with Gasteiger partial charge in [0.1, 0.15) is 5.69 Å². The Morgan fingerprint density at radius 2 is 2.43 bits per heavy atom. The molecule has 14 heavy (non-hydrogen) atoms. The summed E-state index contributed by atoms with van der Waals surface area (Å²) in [6.45, 7) is 1.87. The first-order valence-electron chi connectivity index (χ1n) is 4.04. The fourth-order valence-corrected chi connectivity index (χ4v) is 1.10. The largest absolute Gasteiger partial charge is 0.364 e. The summed E-state index contributed by atoms with van der Waals surface area (Å²) in [5.74, 6) is 0.0135. The number of nitrogens with one attached hydrogen (secondary N) is 1. The number of aryl methyl sites for hydroxylation is 1. The topological polar surface area (TPSA) is 89.6 Å². The second-order valence-electron chi connectivity index (χ2n) is 2.91. The average molecular weight is 191 g/mol. The summed E-state index contributed by atoms with van der Waals surface area (Å²) in [4.78, 5) is 10.8. The van der Waals surface area contributed by atoms with Crippen molar-refractivity contribution >= 4 is 5.91 Å². The Hall–Kier alpha value is -2.11. The molecule has 2 rings (SSSR count).